The molecular formula is C21H27N3O3S. The van der Waals surface area contributed by atoms with Gasteiger partial charge in [-0.25, -0.2) is 4.98 Å². The van der Waals surface area contributed by atoms with E-state index in [1.165, 1.54) is 17.8 Å². The first kappa shape index (κ1) is 19.2. The number of benzene rings is 1. The van der Waals surface area contributed by atoms with E-state index in [9.17, 15) is 4.79 Å². The van der Waals surface area contributed by atoms with Gasteiger partial charge < -0.3 is 14.4 Å². The molecule has 0 bridgehead atoms. The average molecular weight is 402 g/mol. The first-order valence-electron chi connectivity index (χ1n) is 9.74. The molecule has 1 spiro atoms. The maximum atomic E-state index is 12.7. The molecule has 3 heterocycles. The van der Waals surface area contributed by atoms with Gasteiger partial charge >= 0.3 is 0 Å². The Kier molecular flexibility index (Phi) is 5.55. The Balaban J connectivity index is 1.45. The van der Waals surface area contributed by atoms with Gasteiger partial charge in [0.15, 0.2) is 11.5 Å². The summed E-state index contributed by atoms with van der Waals surface area (Å²) in [6.45, 7) is 4.57. The molecule has 2 aliphatic heterocycles. The van der Waals surface area contributed by atoms with Crippen LogP contribution in [0.4, 0.5) is 0 Å². The van der Waals surface area contributed by atoms with Gasteiger partial charge in [-0.2, -0.15) is 0 Å². The second-order valence-corrected chi connectivity index (χ2v) is 8.54. The van der Waals surface area contributed by atoms with Crippen LogP contribution in [0.5, 0.6) is 11.5 Å². The molecule has 150 valence electrons. The molecule has 0 N–H and O–H groups in total. The van der Waals surface area contributed by atoms with E-state index in [1.54, 1.807) is 19.7 Å². The minimum absolute atomic E-state index is 0.0738. The number of aromatic nitrogens is 1. The quantitative estimate of drug-likeness (QED) is 0.770. The van der Waals surface area contributed by atoms with Crippen LogP contribution in [-0.2, 0) is 6.54 Å². The van der Waals surface area contributed by atoms with Gasteiger partial charge in [-0.15, -0.1) is 11.3 Å². The van der Waals surface area contributed by atoms with E-state index >= 15 is 0 Å². The fourth-order valence-electron chi connectivity index (χ4n) is 4.69. The fourth-order valence-corrected chi connectivity index (χ4v) is 5.21. The lowest BCUT2D eigenvalue weighted by Crippen LogP contribution is -2.45. The van der Waals surface area contributed by atoms with E-state index in [0.717, 1.165) is 62.6 Å². The summed E-state index contributed by atoms with van der Waals surface area (Å²) >= 11 is 1.47. The van der Waals surface area contributed by atoms with Crippen molar-refractivity contribution in [3.05, 3.63) is 40.3 Å². The Morgan fingerprint density at radius 2 is 2.11 bits per heavy atom. The number of hydrogen-bond donors (Lipinski definition) is 0. The van der Waals surface area contributed by atoms with Gasteiger partial charge in [0.05, 0.1) is 19.7 Å². The molecule has 2 fully saturated rings. The van der Waals surface area contributed by atoms with Gasteiger partial charge in [0.1, 0.15) is 5.69 Å². The molecule has 0 saturated carbocycles. The summed E-state index contributed by atoms with van der Waals surface area (Å²) in [4.78, 5) is 21.4. The number of amides is 1. The third kappa shape index (κ3) is 3.73. The fraction of sp³-hybridized carbons (Fsp3) is 0.524. The number of ether oxygens (including phenoxy) is 2. The summed E-state index contributed by atoms with van der Waals surface area (Å²) in [7, 11) is 3.36. The molecule has 1 amide bonds. The Labute approximate surface area is 170 Å². The number of carbonyl (C=O) groups is 1. The summed E-state index contributed by atoms with van der Waals surface area (Å²) in [6, 6.07) is 6.05. The van der Waals surface area contributed by atoms with Gasteiger partial charge in [-0.1, -0.05) is 12.1 Å². The molecular weight excluding hydrogens is 374 g/mol. The van der Waals surface area contributed by atoms with Crippen molar-refractivity contribution in [2.45, 2.75) is 25.8 Å². The summed E-state index contributed by atoms with van der Waals surface area (Å²) in [5.74, 6) is 1.66. The lowest BCUT2D eigenvalue weighted by atomic mass is 9.79. The number of nitrogens with zero attached hydrogens (tertiary/aromatic N) is 3. The van der Waals surface area contributed by atoms with Crippen molar-refractivity contribution in [1.82, 2.24) is 14.8 Å². The van der Waals surface area contributed by atoms with Crippen molar-refractivity contribution in [3.8, 4) is 11.5 Å². The molecule has 2 aromatic rings. The number of carbonyl (C=O) groups excluding carboxylic acids is 1. The number of likely N-dealkylation sites (tertiary alicyclic amines) is 2. The summed E-state index contributed by atoms with van der Waals surface area (Å²) in [6.07, 6.45) is 3.40. The zero-order valence-corrected chi connectivity index (χ0v) is 17.3. The lowest BCUT2D eigenvalue weighted by Gasteiger charge is -2.40. The molecule has 0 unspecified atom stereocenters. The first-order chi connectivity index (χ1) is 13.6. The number of rotatable bonds is 5. The highest BCUT2D eigenvalue weighted by Gasteiger charge is 2.43. The van der Waals surface area contributed by atoms with E-state index in [-0.39, 0.29) is 11.3 Å². The standard InChI is InChI=1S/C21H27N3O3S/c1-26-18-6-3-5-16(19(18)27-2)11-23-9-4-7-21(13-23)8-10-24(14-21)20(25)17-12-28-15-22-17/h3,5-6,12,15H,4,7-11,13-14H2,1-2H3/t21-/m1/s1. The maximum absolute atomic E-state index is 12.7. The van der Waals surface area contributed by atoms with Crippen molar-refractivity contribution in [1.29, 1.82) is 0 Å². The highest BCUT2D eigenvalue weighted by Crippen LogP contribution is 2.40. The second-order valence-electron chi connectivity index (χ2n) is 7.82. The van der Waals surface area contributed by atoms with E-state index < -0.39 is 0 Å². The van der Waals surface area contributed by atoms with Crippen molar-refractivity contribution in [2.24, 2.45) is 5.41 Å². The van der Waals surface area contributed by atoms with E-state index in [1.807, 2.05) is 22.4 Å². The molecule has 0 radical (unpaired) electrons. The topological polar surface area (TPSA) is 54.9 Å². The van der Waals surface area contributed by atoms with Crippen LogP contribution in [-0.4, -0.2) is 61.1 Å². The summed E-state index contributed by atoms with van der Waals surface area (Å²) in [5.41, 5.74) is 3.64. The molecule has 2 saturated heterocycles. The van der Waals surface area contributed by atoms with Crippen molar-refractivity contribution in [3.63, 3.8) is 0 Å². The molecule has 0 aliphatic carbocycles. The SMILES string of the molecule is COc1cccc(CN2CCC[C@@]3(CCN(C(=O)c4cscn4)C3)C2)c1OC. The van der Waals surface area contributed by atoms with Crippen LogP contribution in [0.1, 0.15) is 35.3 Å². The number of hydrogen-bond acceptors (Lipinski definition) is 6. The number of thiazole rings is 1. The minimum atomic E-state index is 0.0738. The van der Waals surface area contributed by atoms with Gasteiger partial charge in [-0.3, -0.25) is 9.69 Å². The van der Waals surface area contributed by atoms with Crippen LogP contribution in [0.15, 0.2) is 29.1 Å². The Morgan fingerprint density at radius 3 is 2.86 bits per heavy atom. The summed E-state index contributed by atoms with van der Waals surface area (Å²) in [5, 5.41) is 1.84. The largest absolute Gasteiger partial charge is 0.493 e. The third-order valence-corrected chi connectivity index (χ3v) is 6.58. The van der Waals surface area contributed by atoms with E-state index in [0.29, 0.717) is 5.69 Å². The summed E-state index contributed by atoms with van der Waals surface area (Å²) < 4.78 is 11.0. The molecule has 28 heavy (non-hydrogen) atoms. The maximum Gasteiger partial charge on any atom is 0.273 e. The Bertz CT molecular complexity index is 826. The number of methoxy groups -OCH3 is 2. The monoisotopic (exact) mass is 401 g/mol. The van der Waals surface area contributed by atoms with Gasteiger partial charge in [0.25, 0.3) is 5.91 Å². The predicted octanol–water partition coefficient (Wildman–Crippen LogP) is 3.29. The van der Waals surface area contributed by atoms with Crippen LogP contribution in [0.25, 0.3) is 0 Å². The average Bonchev–Trinajstić information content (AvgIpc) is 3.38. The van der Waals surface area contributed by atoms with Crippen LogP contribution in [0, 0.1) is 5.41 Å². The van der Waals surface area contributed by atoms with E-state index in [2.05, 4.69) is 16.0 Å². The lowest BCUT2D eigenvalue weighted by molar-refractivity contribution is 0.0670. The van der Waals surface area contributed by atoms with Crippen molar-refractivity contribution < 1.29 is 14.3 Å². The zero-order chi connectivity index (χ0) is 19.6. The van der Waals surface area contributed by atoms with Crippen LogP contribution >= 0.6 is 11.3 Å². The zero-order valence-electron chi connectivity index (χ0n) is 16.5. The van der Waals surface area contributed by atoms with Crippen molar-refractivity contribution >= 4 is 17.2 Å². The Hall–Kier alpha value is -2.12. The van der Waals surface area contributed by atoms with Crippen molar-refractivity contribution in [2.75, 3.05) is 40.4 Å². The molecule has 1 aromatic heterocycles. The van der Waals surface area contributed by atoms with Crippen LogP contribution in [0.3, 0.4) is 0 Å². The molecule has 1 aromatic carbocycles. The molecule has 4 rings (SSSR count). The normalized spacial score (nSPS) is 22.6. The second kappa shape index (κ2) is 8.09. The Morgan fingerprint density at radius 1 is 1.21 bits per heavy atom. The molecule has 7 heteroatoms. The van der Waals surface area contributed by atoms with Gasteiger partial charge in [0, 0.05) is 42.5 Å². The molecule has 6 nitrogen and oxygen atoms in total. The minimum Gasteiger partial charge on any atom is -0.493 e. The predicted molar refractivity (Wildman–Crippen MR) is 109 cm³/mol. The number of piperidine rings is 1. The van der Waals surface area contributed by atoms with Gasteiger partial charge in [-0.05, 0) is 31.9 Å². The van der Waals surface area contributed by atoms with Gasteiger partial charge in [0.2, 0.25) is 0 Å². The first-order valence-corrected chi connectivity index (χ1v) is 10.7. The highest BCUT2D eigenvalue weighted by atomic mass is 32.1. The molecule has 1 atom stereocenters. The van der Waals surface area contributed by atoms with Crippen LogP contribution < -0.4 is 9.47 Å². The number of para-hydroxylation sites is 1. The third-order valence-electron chi connectivity index (χ3n) is 6.00. The molecule has 2 aliphatic rings. The smallest absolute Gasteiger partial charge is 0.273 e. The van der Waals surface area contributed by atoms with Crippen LogP contribution in [0.2, 0.25) is 0 Å². The highest BCUT2D eigenvalue weighted by molar-refractivity contribution is 7.07. The van der Waals surface area contributed by atoms with E-state index in [4.69, 9.17) is 9.47 Å².